The summed E-state index contributed by atoms with van der Waals surface area (Å²) in [6.45, 7) is 0.543. The molecule has 0 saturated heterocycles. The number of halogens is 1. The van der Waals surface area contributed by atoms with E-state index in [2.05, 4.69) is 10.3 Å². The molecule has 1 amide bonds. The number of aromatic nitrogens is 1. The van der Waals surface area contributed by atoms with Crippen LogP contribution in [-0.4, -0.2) is 23.2 Å². The minimum Gasteiger partial charge on any atom is -0.356 e. The average Bonchev–Trinajstić information content (AvgIpc) is 2.58. The molecule has 23 heavy (non-hydrogen) atoms. The molecule has 0 fully saturated rings. The predicted molar refractivity (Wildman–Crippen MR) is 85.5 cm³/mol. The Hall–Kier alpha value is -2.56. The zero-order valence-corrected chi connectivity index (χ0v) is 12.8. The first kappa shape index (κ1) is 16.8. The second-order valence-corrected chi connectivity index (χ2v) is 5.22. The highest BCUT2D eigenvalue weighted by atomic mass is 19.1. The maximum atomic E-state index is 13.4. The van der Waals surface area contributed by atoms with E-state index >= 15 is 0 Å². The summed E-state index contributed by atoms with van der Waals surface area (Å²) < 4.78 is 13.4. The number of rotatable bonds is 8. The van der Waals surface area contributed by atoms with Crippen LogP contribution in [0.15, 0.2) is 48.8 Å². The van der Waals surface area contributed by atoms with E-state index < -0.39 is 5.82 Å². The molecule has 2 rings (SSSR count). The van der Waals surface area contributed by atoms with E-state index in [1.165, 1.54) is 18.2 Å². The lowest BCUT2D eigenvalue weighted by atomic mass is 10.1. The molecule has 1 heterocycles. The number of carbonyl (C=O) groups is 2. The molecule has 1 N–H and O–H groups in total. The van der Waals surface area contributed by atoms with Crippen LogP contribution in [0.5, 0.6) is 0 Å². The maximum absolute atomic E-state index is 13.4. The highest BCUT2D eigenvalue weighted by Gasteiger charge is 2.12. The Kier molecular flexibility index (Phi) is 6.41. The van der Waals surface area contributed by atoms with Crippen LogP contribution >= 0.6 is 0 Å². The molecule has 5 heteroatoms. The lowest BCUT2D eigenvalue weighted by Crippen LogP contribution is -2.25. The molecule has 0 aliphatic heterocycles. The molecule has 0 atom stereocenters. The lowest BCUT2D eigenvalue weighted by molar-refractivity contribution is -0.121. The van der Waals surface area contributed by atoms with Crippen molar-refractivity contribution in [2.45, 2.75) is 25.7 Å². The van der Waals surface area contributed by atoms with Gasteiger partial charge in [-0.05, 0) is 36.6 Å². The van der Waals surface area contributed by atoms with Gasteiger partial charge in [0.1, 0.15) is 5.82 Å². The van der Waals surface area contributed by atoms with Crippen molar-refractivity contribution in [1.82, 2.24) is 10.3 Å². The standard InChI is InChI=1S/C18H19FN2O2/c19-16-8-2-1-7-15(16)17(22)9-10-18(23)21-12-4-6-14-5-3-11-20-13-14/h1-3,5,7-8,11,13H,4,6,9-10,12H2,(H,21,23). The van der Waals surface area contributed by atoms with Crippen molar-refractivity contribution in [2.24, 2.45) is 0 Å². The normalized spacial score (nSPS) is 10.3. The predicted octanol–water partition coefficient (Wildman–Crippen LogP) is 2.93. The number of ketones is 1. The highest BCUT2D eigenvalue weighted by Crippen LogP contribution is 2.10. The molecule has 1 aromatic carbocycles. The second kappa shape index (κ2) is 8.78. The number of benzene rings is 1. The van der Waals surface area contributed by atoms with E-state index in [9.17, 15) is 14.0 Å². The van der Waals surface area contributed by atoms with Crippen molar-refractivity contribution in [3.8, 4) is 0 Å². The number of amides is 1. The van der Waals surface area contributed by atoms with E-state index in [4.69, 9.17) is 0 Å². The molecule has 0 unspecified atom stereocenters. The first-order valence-corrected chi connectivity index (χ1v) is 7.60. The summed E-state index contributed by atoms with van der Waals surface area (Å²) in [5.74, 6) is -1.09. The zero-order valence-electron chi connectivity index (χ0n) is 12.8. The third-order valence-electron chi connectivity index (χ3n) is 3.44. The monoisotopic (exact) mass is 314 g/mol. The molecule has 0 saturated carbocycles. The number of pyridine rings is 1. The Balaban J connectivity index is 1.65. The van der Waals surface area contributed by atoms with Gasteiger partial charge in [0.25, 0.3) is 0 Å². The first-order valence-electron chi connectivity index (χ1n) is 7.60. The average molecular weight is 314 g/mol. The SMILES string of the molecule is O=C(CCC(=O)c1ccccc1F)NCCCc1cccnc1. The summed E-state index contributed by atoms with van der Waals surface area (Å²) in [5.41, 5.74) is 1.16. The number of nitrogens with zero attached hydrogens (tertiary/aromatic N) is 1. The molecule has 0 bridgehead atoms. The largest absolute Gasteiger partial charge is 0.356 e. The van der Waals surface area contributed by atoms with Crippen molar-refractivity contribution in [1.29, 1.82) is 0 Å². The van der Waals surface area contributed by atoms with Crippen molar-refractivity contribution in [2.75, 3.05) is 6.54 Å². The third kappa shape index (κ3) is 5.62. The van der Waals surface area contributed by atoms with Crippen LogP contribution in [0.1, 0.15) is 35.2 Å². The quantitative estimate of drug-likeness (QED) is 0.602. The minimum absolute atomic E-state index is 0.00930. The van der Waals surface area contributed by atoms with Gasteiger partial charge in [-0.25, -0.2) is 4.39 Å². The fourth-order valence-corrected chi connectivity index (χ4v) is 2.20. The second-order valence-electron chi connectivity index (χ2n) is 5.22. The van der Waals surface area contributed by atoms with E-state index in [0.717, 1.165) is 18.4 Å². The zero-order chi connectivity index (χ0) is 16.5. The van der Waals surface area contributed by atoms with Gasteiger partial charge < -0.3 is 5.32 Å². The van der Waals surface area contributed by atoms with Crippen LogP contribution in [0.3, 0.4) is 0 Å². The summed E-state index contributed by atoms with van der Waals surface area (Å²) in [6, 6.07) is 9.68. The van der Waals surface area contributed by atoms with Gasteiger partial charge in [0.05, 0.1) is 5.56 Å². The van der Waals surface area contributed by atoms with Crippen LogP contribution < -0.4 is 5.32 Å². The number of nitrogens with one attached hydrogen (secondary N) is 1. The topological polar surface area (TPSA) is 59.1 Å². The van der Waals surface area contributed by atoms with Gasteiger partial charge in [-0.15, -0.1) is 0 Å². The number of Topliss-reactive ketones (excluding diaryl/α,β-unsaturated/α-hetero) is 1. The van der Waals surface area contributed by atoms with Gasteiger partial charge in [0.2, 0.25) is 5.91 Å². The summed E-state index contributed by atoms with van der Waals surface area (Å²) in [4.78, 5) is 27.6. The Labute approximate surface area is 134 Å². The minimum atomic E-state index is -0.547. The van der Waals surface area contributed by atoms with Gasteiger partial charge in [0.15, 0.2) is 5.78 Å². The fourth-order valence-electron chi connectivity index (χ4n) is 2.20. The summed E-state index contributed by atoms with van der Waals surface area (Å²) in [5, 5.41) is 2.77. The van der Waals surface area contributed by atoms with Crippen LogP contribution in [-0.2, 0) is 11.2 Å². The molecule has 120 valence electrons. The van der Waals surface area contributed by atoms with Crippen molar-refractivity contribution >= 4 is 11.7 Å². The Morgan fingerprint density at radius 1 is 1.09 bits per heavy atom. The van der Waals surface area contributed by atoms with E-state index in [1.807, 2.05) is 12.1 Å². The molecule has 0 aliphatic carbocycles. The molecule has 0 spiro atoms. The number of hydrogen-bond acceptors (Lipinski definition) is 3. The van der Waals surface area contributed by atoms with Crippen LogP contribution in [0.4, 0.5) is 4.39 Å². The Bertz CT molecular complexity index is 659. The molecule has 0 aliphatic rings. The first-order chi connectivity index (χ1) is 11.2. The maximum Gasteiger partial charge on any atom is 0.220 e. The van der Waals surface area contributed by atoms with Crippen molar-refractivity contribution in [3.63, 3.8) is 0 Å². The summed E-state index contributed by atoms with van der Waals surface area (Å²) >= 11 is 0. The van der Waals surface area contributed by atoms with E-state index in [-0.39, 0.29) is 30.1 Å². The van der Waals surface area contributed by atoms with Crippen molar-refractivity contribution in [3.05, 3.63) is 65.7 Å². The number of hydrogen-bond donors (Lipinski definition) is 1. The molecule has 2 aromatic rings. The smallest absolute Gasteiger partial charge is 0.220 e. The third-order valence-corrected chi connectivity index (χ3v) is 3.44. The van der Waals surface area contributed by atoms with Gasteiger partial charge in [-0.3, -0.25) is 14.6 Å². The van der Waals surface area contributed by atoms with Crippen LogP contribution in [0.2, 0.25) is 0 Å². The van der Waals surface area contributed by atoms with Crippen LogP contribution in [0.25, 0.3) is 0 Å². The van der Waals surface area contributed by atoms with Gasteiger partial charge in [0, 0.05) is 31.8 Å². The van der Waals surface area contributed by atoms with Crippen molar-refractivity contribution < 1.29 is 14.0 Å². The van der Waals surface area contributed by atoms with E-state index in [0.29, 0.717) is 6.54 Å². The van der Waals surface area contributed by atoms with Gasteiger partial charge >= 0.3 is 0 Å². The van der Waals surface area contributed by atoms with Gasteiger partial charge in [-0.2, -0.15) is 0 Å². The molecule has 4 nitrogen and oxygen atoms in total. The lowest BCUT2D eigenvalue weighted by Gasteiger charge is -2.05. The number of aryl methyl sites for hydroxylation is 1. The van der Waals surface area contributed by atoms with Crippen LogP contribution in [0, 0.1) is 5.82 Å². The summed E-state index contributed by atoms with van der Waals surface area (Å²) in [6.07, 6.45) is 5.24. The molecular weight excluding hydrogens is 295 g/mol. The Morgan fingerprint density at radius 2 is 1.91 bits per heavy atom. The Morgan fingerprint density at radius 3 is 2.65 bits per heavy atom. The molecule has 1 aromatic heterocycles. The molecule has 0 radical (unpaired) electrons. The molecular formula is C18H19FN2O2. The van der Waals surface area contributed by atoms with E-state index in [1.54, 1.807) is 18.5 Å². The van der Waals surface area contributed by atoms with Gasteiger partial charge in [-0.1, -0.05) is 18.2 Å². The number of carbonyl (C=O) groups excluding carboxylic acids is 2. The summed E-state index contributed by atoms with van der Waals surface area (Å²) in [7, 11) is 0. The fraction of sp³-hybridized carbons (Fsp3) is 0.278. The highest BCUT2D eigenvalue weighted by molar-refractivity contribution is 5.98.